The Kier molecular flexibility index (Phi) is 11.9. The second kappa shape index (κ2) is 15.1. The number of aliphatic hydroxyl groups excluding tert-OH is 2. The summed E-state index contributed by atoms with van der Waals surface area (Å²) in [6, 6.07) is 17.8. The van der Waals surface area contributed by atoms with E-state index in [9.17, 15) is 19.8 Å². The van der Waals surface area contributed by atoms with Gasteiger partial charge in [-0.1, -0.05) is 42.5 Å². The lowest BCUT2D eigenvalue weighted by atomic mass is 9.99. The van der Waals surface area contributed by atoms with Gasteiger partial charge in [-0.3, -0.25) is 4.98 Å². The largest absolute Gasteiger partial charge is 0.444 e. The van der Waals surface area contributed by atoms with Crippen molar-refractivity contribution >= 4 is 23.1 Å². The van der Waals surface area contributed by atoms with Crippen LogP contribution in [0.5, 0.6) is 0 Å². The minimum Gasteiger partial charge on any atom is -0.444 e. The number of nitrogens with zero attached hydrogens (tertiary/aromatic N) is 1. The third-order valence-corrected chi connectivity index (χ3v) is 6.46. The number of rotatable bonds is 12. The van der Waals surface area contributed by atoms with E-state index < -0.39 is 47.7 Å². The molecule has 0 radical (unpaired) electrons. The van der Waals surface area contributed by atoms with Crippen molar-refractivity contribution in [3.05, 3.63) is 78.0 Å². The molecule has 1 aromatic heterocycles. The molecule has 3 aromatic rings. The highest BCUT2D eigenvalue weighted by Crippen LogP contribution is 2.17. The monoisotopic (exact) mass is 594 g/mol. The molecule has 0 aliphatic heterocycles. The predicted octanol–water partition coefficient (Wildman–Crippen LogP) is 4.12. The van der Waals surface area contributed by atoms with Crippen molar-refractivity contribution in [2.45, 2.75) is 89.9 Å². The molecule has 234 valence electrons. The molecule has 0 unspecified atom stereocenters. The van der Waals surface area contributed by atoms with E-state index in [0.717, 1.165) is 22.0 Å². The smallest absolute Gasteiger partial charge is 0.407 e. The molecule has 0 saturated heterocycles. The molecule has 0 aliphatic carbocycles. The fourth-order valence-corrected chi connectivity index (χ4v) is 4.52. The van der Waals surface area contributed by atoms with Crippen LogP contribution in [0.4, 0.5) is 9.59 Å². The molecular weight excluding hydrogens is 548 g/mol. The summed E-state index contributed by atoms with van der Waals surface area (Å²) in [6.45, 7) is 10.8. The predicted molar refractivity (Wildman–Crippen MR) is 167 cm³/mol. The van der Waals surface area contributed by atoms with Crippen LogP contribution >= 0.6 is 0 Å². The van der Waals surface area contributed by atoms with Crippen LogP contribution in [0.1, 0.15) is 52.7 Å². The number of hydrogen-bond acceptors (Lipinski definition) is 8. The zero-order valence-electron chi connectivity index (χ0n) is 26.0. The molecule has 5 N–H and O–H groups in total. The van der Waals surface area contributed by atoms with Crippen LogP contribution in [0, 0.1) is 0 Å². The average molecular weight is 595 g/mol. The van der Waals surface area contributed by atoms with Crippen molar-refractivity contribution in [1.29, 1.82) is 0 Å². The quantitative estimate of drug-likeness (QED) is 0.211. The first-order chi connectivity index (χ1) is 20.2. The van der Waals surface area contributed by atoms with Crippen LogP contribution in [0.15, 0.2) is 66.9 Å². The Hall–Kier alpha value is -3.73. The molecule has 4 atom stereocenters. The molecule has 0 bridgehead atoms. The van der Waals surface area contributed by atoms with Crippen LogP contribution in [0.2, 0.25) is 0 Å². The molecule has 2 aromatic carbocycles. The Morgan fingerprint density at radius 3 is 1.81 bits per heavy atom. The lowest BCUT2D eigenvalue weighted by Crippen LogP contribution is -2.53. The van der Waals surface area contributed by atoms with Gasteiger partial charge in [0.2, 0.25) is 0 Å². The minimum absolute atomic E-state index is 0.0666. The zero-order chi connectivity index (χ0) is 31.6. The van der Waals surface area contributed by atoms with E-state index in [4.69, 9.17) is 9.47 Å². The number of nitrogens with one attached hydrogen (secondary N) is 3. The molecular formula is C33H46N4O6. The van der Waals surface area contributed by atoms with E-state index in [2.05, 4.69) is 20.9 Å². The van der Waals surface area contributed by atoms with Crippen LogP contribution in [0.3, 0.4) is 0 Å². The first-order valence-corrected chi connectivity index (χ1v) is 14.6. The van der Waals surface area contributed by atoms with E-state index in [1.54, 1.807) is 47.7 Å². The summed E-state index contributed by atoms with van der Waals surface area (Å²) in [5.74, 6) is 0. The third-order valence-electron chi connectivity index (χ3n) is 6.46. The maximum atomic E-state index is 12.7. The molecule has 1 heterocycles. The third kappa shape index (κ3) is 12.2. The zero-order valence-corrected chi connectivity index (χ0v) is 26.0. The minimum atomic E-state index is -1.02. The van der Waals surface area contributed by atoms with Crippen molar-refractivity contribution in [3.63, 3.8) is 0 Å². The number of aromatic nitrogens is 1. The van der Waals surface area contributed by atoms with Crippen molar-refractivity contribution in [2.24, 2.45) is 0 Å². The molecule has 0 spiro atoms. The van der Waals surface area contributed by atoms with Gasteiger partial charge in [0.15, 0.2) is 0 Å². The first-order valence-electron chi connectivity index (χ1n) is 14.6. The van der Waals surface area contributed by atoms with Gasteiger partial charge in [-0.15, -0.1) is 0 Å². The van der Waals surface area contributed by atoms with E-state index in [1.165, 1.54) is 0 Å². The fraction of sp³-hybridized carbons (Fsp3) is 0.485. The van der Waals surface area contributed by atoms with Crippen molar-refractivity contribution in [2.75, 3.05) is 13.1 Å². The van der Waals surface area contributed by atoms with Crippen LogP contribution in [-0.2, 0) is 22.3 Å². The van der Waals surface area contributed by atoms with Gasteiger partial charge >= 0.3 is 12.2 Å². The summed E-state index contributed by atoms with van der Waals surface area (Å²) in [7, 11) is 0. The topological polar surface area (TPSA) is 142 Å². The summed E-state index contributed by atoms with van der Waals surface area (Å²) in [5.41, 5.74) is 1.31. The molecule has 0 fully saturated rings. The number of amides is 2. The van der Waals surface area contributed by atoms with Crippen LogP contribution in [-0.4, -0.2) is 76.0 Å². The highest BCUT2D eigenvalue weighted by Gasteiger charge is 2.27. The van der Waals surface area contributed by atoms with Gasteiger partial charge in [-0.25, -0.2) is 9.59 Å². The number of carbonyl (C=O) groups is 2. The molecule has 43 heavy (non-hydrogen) atoms. The number of ether oxygens (including phenoxy) is 2. The summed E-state index contributed by atoms with van der Waals surface area (Å²) in [4.78, 5) is 29.5. The number of hydrogen-bond donors (Lipinski definition) is 5. The second-order valence-corrected chi connectivity index (χ2v) is 12.7. The number of alkyl carbamates (subject to hydrolysis) is 2. The van der Waals surface area contributed by atoms with E-state index in [1.807, 2.05) is 60.7 Å². The highest BCUT2D eigenvalue weighted by molar-refractivity contribution is 5.79. The molecule has 0 aliphatic rings. The van der Waals surface area contributed by atoms with Crippen molar-refractivity contribution < 1.29 is 29.3 Å². The molecule has 2 amide bonds. The van der Waals surface area contributed by atoms with Crippen LogP contribution in [0.25, 0.3) is 10.9 Å². The number of carbonyl (C=O) groups excluding carboxylic acids is 2. The summed E-state index contributed by atoms with van der Waals surface area (Å²) < 4.78 is 10.9. The molecule has 10 heteroatoms. The number of aliphatic hydroxyl groups is 2. The van der Waals surface area contributed by atoms with Gasteiger partial charge in [0.25, 0.3) is 0 Å². The number of pyridine rings is 1. The van der Waals surface area contributed by atoms with Gasteiger partial charge in [0.1, 0.15) is 11.2 Å². The number of fused-ring (bicyclic) bond motifs is 1. The number of benzene rings is 2. The van der Waals surface area contributed by atoms with E-state index in [-0.39, 0.29) is 13.1 Å². The van der Waals surface area contributed by atoms with Crippen LogP contribution < -0.4 is 16.0 Å². The maximum Gasteiger partial charge on any atom is 0.407 e. The van der Waals surface area contributed by atoms with Crippen molar-refractivity contribution in [1.82, 2.24) is 20.9 Å². The fourth-order valence-electron chi connectivity index (χ4n) is 4.52. The SMILES string of the molecule is CC(C)(C)OC(=O)N[C@@H](Cc1ccccc1)[C@H](O)CNC[C@@H](O)[C@H](Cc1ccc2ncccc2c1)NC(=O)OC(C)(C)C. The lowest BCUT2D eigenvalue weighted by Gasteiger charge is -2.29. The Morgan fingerprint density at radius 2 is 1.28 bits per heavy atom. The van der Waals surface area contributed by atoms with Gasteiger partial charge in [0.05, 0.1) is 29.8 Å². The summed E-state index contributed by atoms with van der Waals surface area (Å²) in [6.07, 6.45) is -0.826. The van der Waals surface area contributed by atoms with Gasteiger partial charge in [-0.05, 0) is 83.7 Å². The van der Waals surface area contributed by atoms with Crippen molar-refractivity contribution in [3.8, 4) is 0 Å². The summed E-state index contributed by atoms with van der Waals surface area (Å²) >= 11 is 0. The molecule has 10 nitrogen and oxygen atoms in total. The maximum absolute atomic E-state index is 12.7. The second-order valence-electron chi connectivity index (χ2n) is 12.7. The Bertz CT molecular complexity index is 1320. The van der Waals surface area contributed by atoms with Gasteiger partial charge in [0, 0.05) is 24.7 Å². The first kappa shape index (κ1) is 33.8. The van der Waals surface area contributed by atoms with Gasteiger partial charge < -0.3 is 35.6 Å². The Balaban J connectivity index is 1.67. The Morgan fingerprint density at radius 1 is 0.744 bits per heavy atom. The standard InChI is InChI=1S/C33H46N4O6/c1-32(2,3)42-30(40)36-26(18-22-11-8-7-9-12-22)28(38)20-34-21-29(39)27(37-31(41)43-33(4,5)6)19-23-14-15-25-24(17-23)13-10-16-35-25/h7-17,26-29,34,38-39H,18-21H2,1-6H3,(H,36,40)(H,37,41)/t26-,27-,28+,29+/m0/s1. The van der Waals surface area contributed by atoms with E-state index >= 15 is 0 Å². The normalized spacial score (nSPS) is 14.8. The average Bonchev–Trinajstić information content (AvgIpc) is 2.90. The highest BCUT2D eigenvalue weighted by atomic mass is 16.6. The summed E-state index contributed by atoms with van der Waals surface area (Å²) in [5, 5.41) is 31.9. The Labute approximate surface area is 254 Å². The molecule has 3 rings (SSSR count). The molecule has 0 saturated carbocycles. The van der Waals surface area contributed by atoms with E-state index in [0.29, 0.717) is 12.8 Å². The van der Waals surface area contributed by atoms with Gasteiger partial charge in [-0.2, -0.15) is 0 Å². The lowest BCUT2D eigenvalue weighted by molar-refractivity contribution is 0.0399.